The number of carbonyl (C=O) groups is 1. The molecule has 0 spiro atoms. The number of fused-ring (bicyclic) bond motifs is 7. The SMILES string of the molecule is C=C1CC[C@]2(C(=O)O[C@H]3O[C@@H](CO[C@H]4O[C@@H](CO)[C@H](O[C@H]5O[C@@H](C)[C@H](O)[C@@H](O)[C@@H]5O)[C@@H](O)[C@@H]4O)[C@H](O)[C@@H](O)[C@@H]3O)CC[C@]3(C)C(=CC[C@@H]4[C@@]5(C)CC[C@H](O[C@H]6O[C@H](CO)[C@@H](O)[C@@H]6O)C(C)(C)[C@H]5CC[C@@]43C)[C@@H]2C1. The predicted octanol–water partition coefficient (Wildman–Crippen LogP) is -0.839. The van der Waals surface area contributed by atoms with Crippen molar-refractivity contribution in [1.29, 1.82) is 0 Å². The van der Waals surface area contributed by atoms with Crippen LogP contribution in [0, 0.1) is 44.8 Å². The quantitative estimate of drug-likeness (QED) is 0.0887. The number of aliphatic hydroxyl groups is 12. The molecule has 0 radical (unpaired) electrons. The number of aliphatic hydroxyl groups excluding tert-OH is 12. The topological polar surface area (TPSA) is 334 Å². The Kier molecular flexibility index (Phi) is 15.7. The molecule has 0 unspecified atom stereocenters. The summed E-state index contributed by atoms with van der Waals surface area (Å²) in [6.45, 7) is 15.7. The largest absolute Gasteiger partial charge is 0.432 e. The number of ether oxygens (including phenoxy) is 8. The van der Waals surface area contributed by atoms with E-state index in [1.165, 1.54) is 12.5 Å². The summed E-state index contributed by atoms with van der Waals surface area (Å²) in [5.41, 5.74) is 0.342. The van der Waals surface area contributed by atoms with E-state index in [9.17, 15) is 66.1 Å². The predicted molar refractivity (Wildman–Crippen MR) is 251 cm³/mol. The summed E-state index contributed by atoms with van der Waals surface area (Å²) in [6.07, 6.45) is -19.8. The highest BCUT2D eigenvalue weighted by molar-refractivity contribution is 5.79. The van der Waals surface area contributed by atoms with Gasteiger partial charge in [-0.25, -0.2) is 0 Å². The highest BCUT2D eigenvalue weighted by Gasteiger charge is 2.70. The fraction of sp³-hybridized carbons (Fsp3) is 0.904. The minimum absolute atomic E-state index is 0.0868. The average Bonchev–Trinajstić information content (AvgIpc) is 3.62. The number of esters is 1. The maximum atomic E-state index is 15.0. The van der Waals surface area contributed by atoms with Crippen LogP contribution in [-0.2, 0) is 42.7 Å². The second-order valence-electron chi connectivity index (χ2n) is 24.4. The van der Waals surface area contributed by atoms with Gasteiger partial charge in [0.05, 0.1) is 37.4 Å². The van der Waals surface area contributed by atoms with Crippen LogP contribution < -0.4 is 0 Å². The molecule has 21 heteroatoms. The third-order valence-corrected chi connectivity index (χ3v) is 20.4. The van der Waals surface area contributed by atoms with Crippen LogP contribution in [0.3, 0.4) is 0 Å². The summed E-state index contributed by atoms with van der Waals surface area (Å²) in [6, 6.07) is 0. The first-order valence-electron chi connectivity index (χ1n) is 26.4. The summed E-state index contributed by atoms with van der Waals surface area (Å²) in [7, 11) is 0. The van der Waals surface area contributed by atoms with E-state index in [2.05, 4.69) is 47.3 Å². The molecule has 0 aromatic carbocycles. The molecular formula is C52H82O21. The van der Waals surface area contributed by atoms with Gasteiger partial charge in [0, 0.05) is 5.92 Å². The molecular weight excluding hydrogens is 961 g/mol. The molecule has 416 valence electrons. The summed E-state index contributed by atoms with van der Waals surface area (Å²) in [5, 5.41) is 128. The van der Waals surface area contributed by atoms with E-state index in [0.717, 1.165) is 37.7 Å². The van der Waals surface area contributed by atoms with E-state index in [1.54, 1.807) is 0 Å². The van der Waals surface area contributed by atoms with Crippen LogP contribution in [0.5, 0.6) is 0 Å². The standard InChI is InChI=1S/C52H82O21/c1-22-10-15-52(47(65)73-46-40(63)36(59)34(57)28(70-46)21-66-43-41(64)37(60)42(27(20-54)69-43)72-44-39(62)35(58)32(55)23(2)67-44)17-16-50(6)24(25(52)18-22)8-9-30-49(5)13-12-31(48(3,4)29(49)11-14-51(30,50)7)71-45-38(61)33(56)26(19-53)68-45/h8,23,25-46,53-64H,1,9-21H2,2-7H3/t23-,25-,26+,27-,28-,29+,30+,31-,32-,33+,34-,35+,36+,37-,38-,39-,40-,41-,42-,43-,44+,45+,46+,49-,50+,51-,52-/m0/s1. The van der Waals surface area contributed by atoms with Crippen molar-refractivity contribution in [2.45, 2.75) is 229 Å². The van der Waals surface area contributed by atoms with E-state index < -0.39 is 148 Å². The van der Waals surface area contributed by atoms with Gasteiger partial charge in [-0.1, -0.05) is 58.4 Å². The second kappa shape index (κ2) is 20.4. The van der Waals surface area contributed by atoms with Gasteiger partial charge in [0.2, 0.25) is 6.29 Å². The molecule has 27 atom stereocenters. The summed E-state index contributed by atoms with van der Waals surface area (Å²) in [4.78, 5) is 15.0. The Morgan fingerprint density at radius 3 is 1.93 bits per heavy atom. The molecule has 0 aromatic heterocycles. The zero-order chi connectivity index (χ0) is 53.1. The van der Waals surface area contributed by atoms with E-state index in [1.807, 2.05) is 0 Å². The number of allylic oxidation sites excluding steroid dienone is 3. The first-order valence-corrected chi connectivity index (χ1v) is 26.4. The lowest BCUT2D eigenvalue weighted by Gasteiger charge is -2.71. The van der Waals surface area contributed by atoms with Gasteiger partial charge < -0.3 is 99.2 Å². The van der Waals surface area contributed by atoms with Crippen LogP contribution in [0.1, 0.15) is 106 Å². The van der Waals surface area contributed by atoms with E-state index in [-0.39, 0.29) is 39.6 Å². The Morgan fingerprint density at radius 1 is 0.644 bits per heavy atom. The maximum Gasteiger partial charge on any atom is 0.315 e. The van der Waals surface area contributed by atoms with Gasteiger partial charge in [0.15, 0.2) is 18.9 Å². The minimum atomic E-state index is -1.87. The molecule has 9 rings (SSSR count). The molecule has 4 saturated heterocycles. The highest BCUT2D eigenvalue weighted by Crippen LogP contribution is 2.75. The van der Waals surface area contributed by atoms with Crippen molar-refractivity contribution in [3.05, 3.63) is 23.8 Å². The third-order valence-electron chi connectivity index (χ3n) is 20.4. The summed E-state index contributed by atoms with van der Waals surface area (Å²) >= 11 is 0. The van der Waals surface area contributed by atoms with E-state index >= 15 is 0 Å². The zero-order valence-corrected chi connectivity index (χ0v) is 42.8. The zero-order valence-electron chi connectivity index (χ0n) is 42.8. The average molecular weight is 1040 g/mol. The van der Waals surface area contributed by atoms with Crippen LogP contribution in [0.25, 0.3) is 0 Å². The molecule has 4 aliphatic heterocycles. The summed E-state index contributed by atoms with van der Waals surface area (Å²) < 4.78 is 47.0. The van der Waals surface area contributed by atoms with Gasteiger partial charge in [0.25, 0.3) is 0 Å². The van der Waals surface area contributed by atoms with Crippen molar-refractivity contribution >= 4 is 5.97 Å². The fourth-order valence-corrected chi connectivity index (χ4v) is 15.7. The second-order valence-corrected chi connectivity index (χ2v) is 24.4. The molecule has 21 nitrogen and oxygen atoms in total. The first kappa shape index (κ1) is 55.9. The molecule has 4 saturated carbocycles. The van der Waals surface area contributed by atoms with Gasteiger partial charge in [0.1, 0.15) is 85.5 Å². The molecule has 8 fully saturated rings. The number of hydrogen-bond donors (Lipinski definition) is 12. The van der Waals surface area contributed by atoms with E-state index in [4.69, 9.17) is 37.9 Å². The number of carbonyl (C=O) groups excluding carboxylic acids is 1. The minimum Gasteiger partial charge on any atom is -0.432 e. The monoisotopic (exact) mass is 1040 g/mol. The number of hydrogen-bond acceptors (Lipinski definition) is 21. The van der Waals surface area contributed by atoms with Gasteiger partial charge in [-0.2, -0.15) is 0 Å². The Labute approximate surface area is 426 Å². The van der Waals surface area contributed by atoms with Crippen molar-refractivity contribution in [2.75, 3.05) is 19.8 Å². The lowest BCUT2D eigenvalue weighted by molar-refractivity contribution is -0.361. The third kappa shape index (κ3) is 9.02. The van der Waals surface area contributed by atoms with Crippen molar-refractivity contribution in [3.63, 3.8) is 0 Å². The van der Waals surface area contributed by atoms with Crippen LogP contribution >= 0.6 is 0 Å². The Morgan fingerprint density at radius 2 is 1.25 bits per heavy atom. The van der Waals surface area contributed by atoms with Crippen molar-refractivity contribution in [2.24, 2.45) is 44.8 Å². The normalized spacial score (nSPS) is 53.8. The molecule has 12 N–H and O–H groups in total. The van der Waals surface area contributed by atoms with Crippen molar-refractivity contribution in [1.82, 2.24) is 0 Å². The van der Waals surface area contributed by atoms with Crippen molar-refractivity contribution < 1.29 is 104 Å². The van der Waals surface area contributed by atoms with E-state index in [0.29, 0.717) is 38.0 Å². The molecule has 9 aliphatic rings. The molecule has 73 heavy (non-hydrogen) atoms. The smallest absolute Gasteiger partial charge is 0.315 e. The Balaban J connectivity index is 0.881. The maximum absolute atomic E-state index is 15.0. The number of rotatable bonds is 11. The van der Waals surface area contributed by atoms with Crippen LogP contribution in [-0.4, -0.2) is 210 Å². The molecule has 0 aromatic rings. The van der Waals surface area contributed by atoms with Gasteiger partial charge in [-0.05, 0) is 105 Å². The fourth-order valence-electron chi connectivity index (χ4n) is 15.7. The Bertz CT molecular complexity index is 2040. The molecule has 5 aliphatic carbocycles. The molecule has 4 heterocycles. The lowest BCUT2D eigenvalue weighted by Crippen LogP contribution is -2.65. The lowest BCUT2D eigenvalue weighted by atomic mass is 9.34. The van der Waals surface area contributed by atoms with Gasteiger partial charge in [-0.15, -0.1) is 0 Å². The van der Waals surface area contributed by atoms with Crippen molar-refractivity contribution in [3.8, 4) is 0 Å². The van der Waals surface area contributed by atoms with Crippen LogP contribution in [0.4, 0.5) is 0 Å². The van der Waals surface area contributed by atoms with Gasteiger partial charge in [-0.3, -0.25) is 4.79 Å². The van der Waals surface area contributed by atoms with Crippen LogP contribution in [0.15, 0.2) is 23.8 Å². The first-order chi connectivity index (χ1) is 34.3. The summed E-state index contributed by atoms with van der Waals surface area (Å²) in [5.74, 6) is -0.326. The van der Waals surface area contributed by atoms with Gasteiger partial charge >= 0.3 is 5.97 Å². The molecule has 0 amide bonds. The molecule has 0 bridgehead atoms. The van der Waals surface area contributed by atoms with Crippen LogP contribution in [0.2, 0.25) is 0 Å². The highest BCUT2D eigenvalue weighted by atomic mass is 16.8. The Hall–Kier alpha value is -1.81.